The predicted octanol–water partition coefficient (Wildman–Crippen LogP) is 1.84. The van der Waals surface area contributed by atoms with Crippen LogP contribution in [0.25, 0.3) is 0 Å². The summed E-state index contributed by atoms with van der Waals surface area (Å²) in [6.07, 6.45) is 5.28. The molecule has 0 spiro atoms. The molecule has 1 aliphatic rings. The first kappa shape index (κ1) is 11.5. The van der Waals surface area contributed by atoms with Crippen molar-refractivity contribution >= 4 is 0 Å². The Kier molecular flexibility index (Phi) is 4.37. The van der Waals surface area contributed by atoms with Crippen LogP contribution in [0.1, 0.15) is 39.0 Å². The minimum absolute atomic E-state index is 0.273. The van der Waals surface area contributed by atoms with Gasteiger partial charge < -0.3 is 4.74 Å². The highest BCUT2D eigenvalue weighted by Crippen LogP contribution is 2.29. The Bertz CT molecular complexity index is 202. The van der Waals surface area contributed by atoms with Crippen LogP contribution in [0.2, 0.25) is 0 Å². The number of methoxy groups -OCH3 is 1. The number of nitrogens with zero attached hydrogens (tertiary/aromatic N) is 1. The Balaban J connectivity index is 2.45. The molecule has 0 radical (unpaired) electrons. The van der Waals surface area contributed by atoms with E-state index in [1.165, 1.54) is 0 Å². The van der Waals surface area contributed by atoms with Crippen molar-refractivity contribution in [2.75, 3.05) is 13.7 Å². The van der Waals surface area contributed by atoms with E-state index in [-0.39, 0.29) is 5.54 Å². The molecule has 1 aliphatic carbocycles. The van der Waals surface area contributed by atoms with Crippen LogP contribution >= 0.6 is 0 Å². The Morgan fingerprint density at radius 2 is 2.14 bits per heavy atom. The van der Waals surface area contributed by atoms with Crippen molar-refractivity contribution in [3.63, 3.8) is 0 Å². The molecule has 80 valence electrons. The molecule has 1 fully saturated rings. The van der Waals surface area contributed by atoms with Gasteiger partial charge in [-0.05, 0) is 38.6 Å². The van der Waals surface area contributed by atoms with Crippen molar-refractivity contribution in [3.8, 4) is 6.07 Å². The van der Waals surface area contributed by atoms with E-state index in [0.717, 1.165) is 38.6 Å². The van der Waals surface area contributed by atoms with Crippen LogP contribution in [0, 0.1) is 11.3 Å². The van der Waals surface area contributed by atoms with Crippen molar-refractivity contribution in [1.29, 1.82) is 5.26 Å². The quantitative estimate of drug-likeness (QED) is 0.746. The van der Waals surface area contributed by atoms with E-state index < -0.39 is 0 Å². The number of nitrogens with one attached hydrogen (secondary N) is 1. The third kappa shape index (κ3) is 2.70. The first-order valence-electron chi connectivity index (χ1n) is 5.45. The summed E-state index contributed by atoms with van der Waals surface area (Å²) in [5.74, 6) is 0. The Morgan fingerprint density at radius 3 is 2.57 bits per heavy atom. The molecule has 0 aromatic carbocycles. The zero-order chi connectivity index (χ0) is 10.4. The fourth-order valence-electron chi connectivity index (χ4n) is 2.01. The monoisotopic (exact) mass is 196 g/mol. The van der Waals surface area contributed by atoms with Gasteiger partial charge in [0.1, 0.15) is 5.54 Å². The lowest BCUT2D eigenvalue weighted by Gasteiger charge is -2.35. The standard InChI is InChI=1S/C11H20N2O/c1-3-8-13-11(9-12)6-4-10(14-2)5-7-11/h10,13H,3-8H2,1-2H3. The molecule has 14 heavy (non-hydrogen) atoms. The molecular formula is C11H20N2O. The summed E-state index contributed by atoms with van der Waals surface area (Å²) in [4.78, 5) is 0. The summed E-state index contributed by atoms with van der Waals surface area (Å²) in [5.41, 5.74) is -0.273. The molecule has 0 aliphatic heterocycles. The molecular weight excluding hydrogens is 176 g/mol. The second-order valence-electron chi connectivity index (χ2n) is 4.06. The van der Waals surface area contributed by atoms with Gasteiger partial charge in [0, 0.05) is 7.11 Å². The maximum absolute atomic E-state index is 9.17. The Hall–Kier alpha value is -0.590. The maximum atomic E-state index is 9.17. The van der Waals surface area contributed by atoms with Gasteiger partial charge in [0.25, 0.3) is 0 Å². The zero-order valence-electron chi connectivity index (χ0n) is 9.18. The van der Waals surface area contributed by atoms with E-state index in [0.29, 0.717) is 6.10 Å². The molecule has 0 aromatic rings. The Morgan fingerprint density at radius 1 is 1.50 bits per heavy atom. The summed E-state index contributed by atoms with van der Waals surface area (Å²) in [6.45, 7) is 3.06. The molecule has 1 rings (SSSR count). The normalized spacial score (nSPS) is 32.5. The molecule has 0 amide bonds. The van der Waals surface area contributed by atoms with Crippen LogP contribution in [-0.4, -0.2) is 25.3 Å². The summed E-state index contributed by atoms with van der Waals surface area (Å²) >= 11 is 0. The first-order valence-corrected chi connectivity index (χ1v) is 5.45. The van der Waals surface area contributed by atoms with E-state index in [1.54, 1.807) is 7.11 Å². The van der Waals surface area contributed by atoms with Crippen LogP contribution in [0.3, 0.4) is 0 Å². The molecule has 0 heterocycles. The lowest BCUT2D eigenvalue weighted by Crippen LogP contribution is -2.48. The van der Waals surface area contributed by atoms with E-state index in [2.05, 4.69) is 18.3 Å². The topological polar surface area (TPSA) is 45.0 Å². The van der Waals surface area contributed by atoms with Crippen LogP contribution < -0.4 is 5.32 Å². The summed E-state index contributed by atoms with van der Waals surface area (Å²) in [5, 5.41) is 12.5. The van der Waals surface area contributed by atoms with Gasteiger partial charge in [-0.1, -0.05) is 6.92 Å². The second kappa shape index (κ2) is 5.33. The molecule has 3 heteroatoms. The molecule has 0 aromatic heterocycles. The third-order valence-electron chi connectivity index (χ3n) is 3.05. The number of nitriles is 1. The average molecular weight is 196 g/mol. The number of hydrogen-bond donors (Lipinski definition) is 1. The summed E-state index contributed by atoms with van der Waals surface area (Å²) < 4.78 is 5.30. The van der Waals surface area contributed by atoms with Crippen LogP contribution in [0.15, 0.2) is 0 Å². The van der Waals surface area contributed by atoms with Gasteiger partial charge in [-0.2, -0.15) is 5.26 Å². The van der Waals surface area contributed by atoms with Crippen molar-refractivity contribution in [2.24, 2.45) is 0 Å². The van der Waals surface area contributed by atoms with Crippen LogP contribution in [-0.2, 0) is 4.74 Å². The van der Waals surface area contributed by atoms with E-state index in [9.17, 15) is 5.26 Å². The van der Waals surface area contributed by atoms with Gasteiger partial charge in [0.2, 0.25) is 0 Å². The van der Waals surface area contributed by atoms with E-state index in [1.807, 2.05) is 0 Å². The lowest BCUT2D eigenvalue weighted by atomic mass is 9.81. The second-order valence-corrected chi connectivity index (χ2v) is 4.06. The molecule has 3 nitrogen and oxygen atoms in total. The molecule has 1 N–H and O–H groups in total. The minimum atomic E-state index is -0.273. The Labute approximate surface area is 86.4 Å². The average Bonchev–Trinajstić information content (AvgIpc) is 2.27. The van der Waals surface area contributed by atoms with Crippen LogP contribution in [0.5, 0.6) is 0 Å². The smallest absolute Gasteiger partial charge is 0.106 e. The number of hydrogen-bond acceptors (Lipinski definition) is 3. The van der Waals surface area contributed by atoms with Crippen molar-refractivity contribution in [1.82, 2.24) is 5.32 Å². The SMILES string of the molecule is CCCNC1(C#N)CCC(OC)CC1. The van der Waals surface area contributed by atoms with Gasteiger partial charge >= 0.3 is 0 Å². The van der Waals surface area contributed by atoms with Crippen molar-refractivity contribution in [3.05, 3.63) is 0 Å². The first-order chi connectivity index (χ1) is 6.76. The highest BCUT2D eigenvalue weighted by Gasteiger charge is 2.34. The fraction of sp³-hybridized carbons (Fsp3) is 0.909. The van der Waals surface area contributed by atoms with Gasteiger partial charge in [-0.3, -0.25) is 5.32 Å². The summed E-state index contributed by atoms with van der Waals surface area (Å²) in [6, 6.07) is 2.43. The predicted molar refractivity (Wildman–Crippen MR) is 55.9 cm³/mol. The fourth-order valence-corrected chi connectivity index (χ4v) is 2.01. The van der Waals surface area contributed by atoms with Gasteiger partial charge in [-0.15, -0.1) is 0 Å². The van der Waals surface area contributed by atoms with Crippen LogP contribution in [0.4, 0.5) is 0 Å². The zero-order valence-corrected chi connectivity index (χ0v) is 9.18. The molecule has 0 bridgehead atoms. The third-order valence-corrected chi connectivity index (χ3v) is 3.05. The summed E-state index contributed by atoms with van der Waals surface area (Å²) in [7, 11) is 1.75. The number of ether oxygens (including phenoxy) is 1. The molecule has 0 unspecified atom stereocenters. The van der Waals surface area contributed by atoms with Gasteiger partial charge in [0.05, 0.1) is 12.2 Å². The lowest BCUT2D eigenvalue weighted by molar-refractivity contribution is 0.0525. The molecule has 1 saturated carbocycles. The highest BCUT2D eigenvalue weighted by atomic mass is 16.5. The van der Waals surface area contributed by atoms with Gasteiger partial charge in [-0.25, -0.2) is 0 Å². The maximum Gasteiger partial charge on any atom is 0.106 e. The van der Waals surface area contributed by atoms with E-state index >= 15 is 0 Å². The molecule has 0 atom stereocenters. The minimum Gasteiger partial charge on any atom is -0.381 e. The largest absolute Gasteiger partial charge is 0.381 e. The van der Waals surface area contributed by atoms with Crippen molar-refractivity contribution < 1.29 is 4.74 Å². The highest BCUT2D eigenvalue weighted by molar-refractivity contribution is 5.09. The van der Waals surface area contributed by atoms with Crippen molar-refractivity contribution in [2.45, 2.75) is 50.7 Å². The molecule has 0 saturated heterocycles. The number of rotatable bonds is 4. The van der Waals surface area contributed by atoms with E-state index in [4.69, 9.17) is 4.74 Å². The van der Waals surface area contributed by atoms with Gasteiger partial charge in [0.15, 0.2) is 0 Å².